The molecule has 0 heterocycles. The van der Waals surface area contributed by atoms with Crippen LogP contribution < -0.4 is 10.4 Å². The standard InChI is InChI=1S/C21H26O3Si/c1-21(2,3)25(19-10-6-4-7-11-19,20-12-8-5-9-13-20)24-18(14-16-22)15-17-23/h4-13,16-18H,14-15H2,1-3H3. The van der Waals surface area contributed by atoms with E-state index in [-0.39, 0.29) is 17.9 Å². The van der Waals surface area contributed by atoms with Crippen LogP contribution in [0.25, 0.3) is 0 Å². The zero-order valence-electron chi connectivity index (χ0n) is 15.1. The minimum atomic E-state index is -2.70. The van der Waals surface area contributed by atoms with Crippen LogP contribution >= 0.6 is 0 Å². The number of hydrogen-bond donors (Lipinski definition) is 0. The van der Waals surface area contributed by atoms with E-state index in [1.54, 1.807) is 0 Å². The van der Waals surface area contributed by atoms with E-state index in [0.29, 0.717) is 0 Å². The molecule has 0 atom stereocenters. The van der Waals surface area contributed by atoms with Crippen LogP contribution in [0, 0.1) is 0 Å². The molecule has 0 amide bonds. The summed E-state index contributed by atoms with van der Waals surface area (Å²) in [5, 5.41) is 2.13. The van der Waals surface area contributed by atoms with Crippen molar-refractivity contribution in [1.29, 1.82) is 0 Å². The van der Waals surface area contributed by atoms with E-state index in [9.17, 15) is 9.59 Å². The van der Waals surface area contributed by atoms with Gasteiger partial charge in [0.15, 0.2) is 0 Å². The van der Waals surface area contributed by atoms with Crippen LogP contribution in [0.5, 0.6) is 0 Å². The van der Waals surface area contributed by atoms with Crippen LogP contribution in [0.1, 0.15) is 33.6 Å². The van der Waals surface area contributed by atoms with Gasteiger partial charge in [0.25, 0.3) is 8.32 Å². The molecule has 25 heavy (non-hydrogen) atoms. The van der Waals surface area contributed by atoms with Gasteiger partial charge in [-0.05, 0) is 15.4 Å². The highest BCUT2D eigenvalue weighted by molar-refractivity contribution is 6.99. The molecular weight excluding hydrogens is 328 g/mol. The number of rotatable bonds is 8. The molecule has 0 aliphatic heterocycles. The van der Waals surface area contributed by atoms with Crippen molar-refractivity contribution in [3.63, 3.8) is 0 Å². The van der Waals surface area contributed by atoms with Crippen LogP contribution in [0.3, 0.4) is 0 Å². The molecule has 0 N–H and O–H groups in total. The minimum absolute atomic E-state index is 0.167. The van der Waals surface area contributed by atoms with E-state index in [0.717, 1.165) is 22.9 Å². The van der Waals surface area contributed by atoms with Crippen LogP contribution in [-0.4, -0.2) is 27.0 Å². The second kappa shape index (κ2) is 8.36. The summed E-state index contributed by atoms with van der Waals surface area (Å²) in [7, 11) is -2.70. The van der Waals surface area contributed by atoms with Gasteiger partial charge in [0, 0.05) is 12.8 Å². The monoisotopic (exact) mass is 354 g/mol. The molecule has 0 aliphatic carbocycles. The summed E-state index contributed by atoms with van der Waals surface area (Å²) in [5.74, 6) is 0. The second-order valence-electron chi connectivity index (χ2n) is 7.21. The molecule has 0 saturated heterocycles. The molecule has 0 unspecified atom stereocenters. The van der Waals surface area contributed by atoms with E-state index in [1.807, 2.05) is 36.4 Å². The Labute approximate surface area is 151 Å². The normalized spacial score (nSPS) is 12.2. The van der Waals surface area contributed by atoms with Crippen LogP contribution in [-0.2, 0) is 14.0 Å². The molecule has 0 saturated carbocycles. The lowest BCUT2D eigenvalue weighted by Gasteiger charge is -2.44. The van der Waals surface area contributed by atoms with Gasteiger partial charge in [-0.25, -0.2) is 0 Å². The summed E-state index contributed by atoms with van der Waals surface area (Å²) in [5.41, 5.74) is 0. The van der Waals surface area contributed by atoms with Crippen molar-refractivity contribution < 1.29 is 14.0 Å². The first kappa shape index (κ1) is 19.3. The number of aldehydes is 2. The first-order valence-electron chi connectivity index (χ1n) is 8.62. The van der Waals surface area contributed by atoms with Crippen molar-refractivity contribution in [2.75, 3.05) is 0 Å². The van der Waals surface area contributed by atoms with Gasteiger partial charge >= 0.3 is 0 Å². The summed E-state index contributed by atoms with van der Waals surface area (Å²) in [6, 6.07) is 20.5. The van der Waals surface area contributed by atoms with E-state index in [4.69, 9.17) is 4.43 Å². The first-order chi connectivity index (χ1) is 12.0. The average molecular weight is 355 g/mol. The van der Waals surface area contributed by atoms with E-state index in [1.165, 1.54) is 0 Å². The zero-order valence-corrected chi connectivity index (χ0v) is 16.1. The second-order valence-corrected chi connectivity index (χ2v) is 11.5. The molecule has 0 aliphatic rings. The fourth-order valence-electron chi connectivity index (χ4n) is 3.35. The summed E-state index contributed by atoms with van der Waals surface area (Å²) in [4.78, 5) is 22.2. The fraction of sp³-hybridized carbons (Fsp3) is 0.333. The predicted octanol–water partition coefficient (Wildman–Crippen LogP) is 3.11. The third-order valence-electron chi connectivity index (χ3n) is 4.48. The summed E-state index contributed by atoms with van der Waals surface area (Å²) >= 11 is 0. The van der Waals surface area contributed by atoms with Gasteiger partial charge in [0.2, 0.25) is 0 Å². The van der Waals surface area contributed by atoms with Crippen LogP contribution in [0.2, 0.25) is 5.04 Å². The van der Waals surface area contributed by atoms with Gasteiger partial charge in [0.1, 0.15) is 12.6 Å². The number of carbonyl (C=O) groups is 2. The minimum Gasteiger partial charge on any atom is -0.404 e. The maximum Gasteiger partial charge on any atom is 0.261 e. The lowest BCUT2D eigenvalue weighted by molar-refractivity contribution is -0.111. The van der Waals surface area contributed by atoms with Crippen LogP contribution in [0.4, 0.5) is 0 Å². The number of benzene rings is 2. The highest BCUT2D eigenvalue weighted by Gasteiger charge is 2.51. The Hall–Kier alpha value is -2.04. The van der Waals surface area contributed by atoms with Gasteiger partial charge < -0.3 is 14.0 Å². The largest absolute Gasteiger partial charge is 0.404 e. The van der Waals surface area contributed by atoms with Gasteiger partial charge in [-0.1, -0.05) is 81.4 Å². The highest BCUT2D eigenvalue weighted by atomic mass is 28.4. The molecule has 0 spiro atoms. The zero-order chi connectivity index (χ0) is 18.3. The molecule has 3 nitrogen and oxygen atoms in total. The van der Waals surface area contributed by atoms with Crippen molar-refractivity contribution in [3.05, 3.63) is 60.7 Å². The molecule has 0 fully saturated rings. The Morgan fingerprint density at radius 1 is 0.840 bits per heavy atom. The number of hydrogen-bond acceptors (Lipinski definition) is 3. The number of carbonyl (C=O) groups excluding carboxylic acids is 2. The van der Waals surface area contributed by atoms with E-state index in [2.05, 4.69) is 45.0 Å². The molecule has 0 aromatic heterocycles. The maximum atomic E-state index is 11.1. The smallest absolute Gasteiger partial charge is 0.261 e. The summed E-state index contributed by atoms with van der Waals surface area (Å²) in [6.07, 6.45) is 1.73. The first-order valence-corrected chi connectivity index (χ1v) is 10.5. The van der Waals surface area contributed by atoms with Gasteiger partial charge in [-0.3, -0.25) is 0 Å². The van der Waals surface area contributed by atoms with Crippen LogP contribution in [0.15, 0.2) is 60.7 Å². The highest BCUT2D eigenvalue weighted by Crippen LogP contribution is 2.37. The third kappa shape index (κ3) is 4.14. The van der Waals surface area contributed by atoms with Crippen molar-refractivity contribution >= 4 is 31.3 Å². The Kier molecular flexibility index (Phi) is 6.45. The lowest BCUT2D eigenvalue weighted by atomic mass is 10.2. The van der Waals surface area contributed by atoms with Gasteiger partial charge in [-0.15, -0.1) is 0 Å². The molecule has 4 heteroatoms. The van der Waals surface area contributed by atoms with Gasteiger partial charge in [0.05, 0.1) is 6.10 Å². The van der Waals surface area contributed by atoms with Crippen molar-refractivity contribution in [2.24, 2.45) is 0 Å². The fourth-order valence-corrected chi connectivity index (χ4v) is 8.06. The Morgan fingerprint density at radius 2 is 1.24 bits per heavy atom. The van der Waals surface area contributed by atoms with Crippen molar-refractivity contribution in [3.8, 4) is 0 Å². The predicted molar refractivity (Wildman–Crippen MR) is 104 cm³/mol. The topological polar surface area (TPSA) is 43.4 Å². The molecule has 0 bridgehead atoms. The van der Waals surface area contributed by atoms with Crippen molar-refractivity contribution in [2.45, 2.75) is 44.8 Å². The lowest BCUT2D eigenvalue weighted by Crippen LogP contribution is -2.67. The molecule has 132 valence electrons. The third-order valence-corrected chi connectivity index (χ3v) is 9.57. The maximum absolute atomic E-state index is 11.1. The summed E-state index contributed by atoms with van der Waals surface area (Å²) < 4.78 is 6.73. The van der Waals surface area contributed by atoms with Crippen molar-refractivity contribution in [1.82, 2.24) is 0 Å². The molecule has 2 rings (SSSR count). The SMILES string of the molecule is CC(C)(C)[Si](OC(CC=O)CC=O)(c1ccccc1)c1ccccc1. The van der Waals surface area contributed by atoms with E-state index >= 15 is 0 Å². The molecule has 2 aromatic rings. The van der Waals surface area contributed by atoms with E-state index < -0.39 is 14.4 Å². The quantitative estimate of drug-likeness (QED) is 0.540. The van der Waals surface area contributed by atoms with Gasteiger partial charge in [-0.2, -0.15) is 0 Å². The Morgan fingerprint density at radius 3 is 1.56 bits per heavy atom. The molecule has 0 radical (unpaired) electrons. The summed E-state index contributed by atoms with van der Waals surface area (Å²) in [6.45, 7) is 6.54. The molecular formula is C21H26O3Si. The Balaban J connectivity index is 2.67. The molecule has 2 aromatic carbocycles. The average Bonchev–Trinajstić information content (AvgIpc) is 2.60. The Bertz CT molecular complexity index is 628.